The normalized spacial score (nSPS) is 18.2. The number of halogens is 2. The van der Waals surface area contributed by atoms with E-state index in [-0.39, 0.29) is 0 Å². The summed E-state index contributed by atoms with van der Waals surface area (Å²) in [7, 11) is -3.11. The van der Waals surface area contributed by atoms with Crippen LogP contribution in [0.15, 0.2) is 36.9 Å². The van der Waals surface area contributed by atoms with Crippen molar-refractivity contribution in [3.05, 3.63) is 47.0 Å². The Balaban J connectivity index is 1.87. The largest absolute Gasteiger partial charge is 0.355 e. The number of sulfone groups is 1. The van der Waals surface area contributed by atoms with Crippen LogP contribution in [0.5, 0.6) is 0 Å². The third kappa shape index (κ3) is 3.51. The highest BCUT2D eigenvalue weighted by molar-refractivity contribution is 7.91. The predicted octanol–water partition coefficient (Wildman–Crippen LogP) is 3.74. The summed E-state index contributed by atoms with van der Waals surface area (Å²) in [5, 5.41) is 1.27. The van der Waals surface area contributed by atoms with Crippen molar-refractivity contribution in [3.63, 3.8) is 0 Å². The van der Waals surface area contributed by atoms with Crippen LogP contribution in [-0.2, 0) is 9.84 Å². The minimum Gasteiger partial charge on any atom is -0.355 e. The molecule has 0 saturated carbocycles. The molecule has 142 valence electrons. The molecule has 1 atom stereocenters. The van der Waals surface area contributed by atoms with Crippen LogP contribution in [0.3, 0.4) is 0 Å². The number of piperidine rings is 1. The van der Waals surface area contributed by atoms with Crippen LogP contribution < -0.4 is 4.90 Å². The van der Waals surface area contributed by atoms with Gasteiger partial charge in [0.05, 0.1) is 32.8 Å². The smallest absolute Gasteiger partial charge is 0.152 e. The van der Waals surface area contributed by atoms with Gasteiger partial charge < -0.3 is 9.47 Å². The molecule has 0 radical (unpaired) electrons. The van der Waals surface area contributed by atoms with Crippen molar-refractivity contribution in [2.75, 3.05) is 24.2 Å². The maximum atomic E-state index is 12.0. The van der Waals surface area contributed by atoms with Crippen molar-refractivity contribution >= 4 is 49.8 Å². The summed E-state index contributed by atoms with van der Waals surface area (Å²) < 4.78 is 25.9. The lowest BCUT2D eigenvalue weighted by molar-refractivity contribution is 0.534. The van der Waals surface area contributed by atoms with Crippen LogP contribution >= 0.6 is 23.2 Å². The molecule has 3 heterocycles. The Morgan fingerprint density at radius 2 is 2.07 bits per heavy atom. The fraction of sp³-hybridized carbons (Fsp3) is 0.333. The van der Waals surface area contributed by atoms with Gasteiger partial charge in [0, 0.05) is 43.2 Å². The Hall–Kier alpha value is -1.83. The second-order valence-electron chi connectivity index (χ2n) is 6.77. The quantitative estimate of drug-likeness (QED) is 0.640. The molecule has 1 saturated heterocycles. The second kappa shape index (κ2) is 6.96. The fourth-order valence-electron chi connectivity index (χ4n) is 3.48. The van der Waals surface area contributed by atoms with Crippen molar-refractivity contribution in [3.8, 4) is 5.69 Å². The summed E-state index contributed by atoms with van der Waals surface area (Å²) in [5.74, 6) is 0.684. The van der Waals surface area contributed by atoms with Gasteiger partial charge in [-0.1, -0.05) is 23.2 Å². The molecule has 0 aliphatic carbocycles. The number of pyridine rings is 1. The molecule has 1 unspecified atom stereocenters. The lowest BCUT2D eigenvalue weighted by atomic mass is 10.1. The van der Waals surface area contributed by atoms with Crippen LogP contribution in [0.25, 0.3) is 16.6 Å². The minimum atomic E-state index is -3.11. The molecule has 1 aliphatic rings. The number of fused-ring (bicyclic) bond motifs is 1. The van der Waals surface area contributed by atoms with E-state index in [1.807, 2.05) is 27.8 Å². The number of rotatable bonds is 3. The second-order valence-corrected chi connectivity index (χ2v) is 9.88. The van der Waals surface area contributed by atoms with E-state index in [4.69, 9.17) is 28.2 Å². The van der Waals surface area contributed by atoms with Gasteiger partial charge in [0.2, 0.25) is 0 Å². The summed E-state index contributed by atoms with van der Waals surface area (Å²) in [6.07, 6.45) is 8.00. The summed E-state index contributed by atoms with van der Waals surface area (Å²) in [4.78, 5) is 10.9. The number of nitrogens with zero attached hydrogens (tertiary/aromatic N) is 4. The molecule has 0 bridgehead atoms. The van der Waals surface area contributed by atoms with Crippen molar-refractivity contribution in [2.24, 2.45) is 0 Å². The summed E-state index contributed by atoms with van der Waals surface area (Å²) in [6, 6.07) is 5.57. The average Bonchev–Trinajstić information content (AvgIpc) is 3.18. The lowest BCUT2D eigenvalue weighted by Gasteiger charge is -2.33. The first-order chi connectivity index (χ1) is 12.8. The van der Waals surface area contributed by atoms with E-state index < -0.39 is 15.1 Å². The molecular weight excluding hydrogens is 407 g/mol. The summed E-state index contributed by atoms with van der Waals surface area (Å²) in [5.41, 5.74) is 1.46. The van der Waals surface area contributed by atoms with Crippen molar-refractivity contribution < 1.29 is 8.42 Å². The van der Waals surface area contributed by atoms with Gasteiger partial charge >= 0.3 is 0 Å². The standard InChI is InChI=1S/C18H18Cl2N4O2S/c1-27(25,26)12-3-2-7-23(10-12)16-9-15(24-8-6-21-11-24)13-4-5-14(19)17(20)18(13)22-16/h4-6,8-9,11-12H,2-3,7,10H2,1H3. The first-order valence-electron chi connectivity index (χ1n) is 8.55. The average molecular weight is 425 g/mol. The lowest BCUT2D eigenvalue weighted by Crippen LogP contribution is -2.42. The van der Waals surface area contributed by atoms with E-state index in [0.29, 0.717) is 34.3 Å². The molecule has 2 aromatic heterocycles. The Bertz CT molecular complexity index is 1100. The van der Waals surface area contributed by atoms with Crippen molar-refractivity contribution in [2.45, 2.75) is 18.1 Å². The van der Waals surface area contributed by atoms with Gasteiger partial charge in [0.1, 0.15) is 5.82 Å². The molecule has 27 heavy (non-hydrogen) atoms. The van der Waals surface area contributed by atoms with Crippen LogP contribution in [0.1, 0.15) is 12.8 Å². The highest BCUT2D eigenvalue weighted by Gasteiger charge is 2.28. The zero-order valence-corrected chi connectivity index (χ0v) is 17.0. The SMILES string of the molecule is CS(=O)(=O)C1CCCN(c2cc(-n3ccnc3)c3ccc(Cl)c(Cl)c3n2)C1. The number of anilines is 1. The van der Waals surface area contributed by atoms with E-state index in [0.717, 1.165) is 24.0 Å². The molecule has 1 fully saturated rings. The van der Waals surface area contributed by atoms with Gasteiger partial charge in [0.25, 0.3) is 0 Å². The topological polar surface area (TPSA) is 68.1 Å². The van der Waals surface area contributed by atoms with Crippen molar-refractivity contribution in [1.82, 2.24) is 14.5 Å². The van der Waals surface area contributed by atoms with Gasteiger partial charge in [-0.3, -0.25) is 0 Å². The molecule has 0 N–H and O–H groups in total. The van der Waals surface area contributed by atoms with Gasteiger partial charge in [-0.05, 0) is 25.0 Å². The molecule has 1 aromatic carbocycles. The molecule has 4 rings (SSSR count). The number of hydrogen-bond acceptors (Lipinski definition) is 5. The third-order valence-electron chi connectivity index (χ3n) is 4.93. The highest BCUT2D eigenvalue weighted by Crippen LogP contribution is 2.35. The van der Waals surface area contributed by atoms with Gasteiger partial charge in [0.15, 0.2) is 9.84 Å². The molecule has 1 aliphatic heterocycles. The highest BCUT2D eigenvalue weighted by atomic mass is 35.5. The number of benzene rings is 1. The van der Waals surface area contributed by atoms with Gasteiger partial charge in [-0.25, -0.2) is 18.4 Å². The maximum Gasteiger partial charge on any atom is 0.152 e. The van der Waals surface area contributed by atoms with Crippen LogP contribution in [0.2, 0.25) is 10.0 Å². The Labute approximate surface area is 167 Å². The monoisotopic (exact) mass is 424 g/mol. The zero-order chi connectivity index (χ0) is 19.2. The van der Waals surface area contributed by atoms with Gasteiger partial charge in [-0.15, -0.1) is 0 Å². The number of hydrogen-bond donors (Lipinski definition) is 0. The Morgan fingerprint density at radius 1 is 1.26 bits per heavy atom. The van der Waals surface area contributed by atoms with Gasteiger partial charge in [-0.2, -0.15) is 0 Å². The third-order valence-corrected chi connectivity index (χ3v) is 7.32. The molecule has 6 nitrogen and oxygen atoms in total. The Morgan fingerprint density at radius 3 is 2.78 bits per heavy atom. The van der Waals surface area contributed by atoms with E-state index in [1.165, 1.54) is 6.26 Å². The maximum absolute atomic E-state index is 12.0. The molecule has 9 heteroatoms. The predicted molar refractivity (Wildman–Crippen MR) is 109 cm³/mol. The first-order valence-corrected chi connectivity index (χ1v) is 11.3. The van der Waals surface area contributed by atoms with Crippen LogP contribution in [0, 0.1) is 0 Å². The molecule has 3 aromatic rings. The minimum absolute atomic E-state index is 0.383. The Kier molecular flexibility index (Phi) is 4.78. The van der Waals surface area contributed by atoms with E-state index in [1.54, 1.807) is 18.6 Å². The summed E-state index contributed by atoms with van der Waals surface area (Å²) >= 11 is 12.6. The number of aromatic nitrogens is 3. The number of imidazole rings is 1. The fourth-order valence-corrected chi connectivity index (χ4v) is 4.88. The zero-order valence-electron chi connectivity index (χ0n) is 14.6. The van der Waals surface area contributed by atoms with E-state index >= 15 is 0 Å². The first kappa shape index (κ1) is 18.5. The molecular formula is C18H18Cl2N4O2S. The van der Waals surface area contributed by atoms with Crippen LogP contribution in [-0.4, -0.2) is 47.5 Å². The van der Waals surface area contributed by atoms with E-state index in [9.17, 15) is 8.42 Å². The van der Waals surface area contributed by atoms with Crippen LogP contribution in [0.4, 0.5) is 5.82 Å². The molecule has 0 spiro atoms. The van der Waals surface area contributed by atoms with E-state index in [2.05, 4.69) is 4.98 Å². The summed E-state index contributed by atoms with van der Waals surface area (Å²) in [6.45, 7) is 1.16. The molecule has 0 amide bonds. The van der Waals surface area contributed by atoms with Crippen molar-refractivity contribution in [1.29, 1.82) is 0 Å².